The minimum atomic E-state index is 0. The van der Waals surface area contributed by atoms with Crippen LogP contribution >= 0.6 is 12.4 Å². The normalized spacial score (nSPS) is 16.8. The number of halogens is 1. The third-order valence-electron chi connectivity index (χ3n) is 4.45. The molecule has 138 valence electrons. The fraction of sp³-hybridized carbons (Fsp3) is 0.400. The molecule has 1 aliphatic rings. The van der Waals surface area contributed by atoms with Crippen LogP contribution in [0.4, 0.5) is 0 Å². The highest BCUT2D eigenvalue weighted by Gasteiger charge is 2.22. The molecule has 0 spiro atoms. The summed E-state index contributed by atoms with van der Waals surface area (Å²) >= 11 is 0. The summed E-state index contributed by atoms with van der Waals surface area (Å²) in [6, 6.07) is 12.6. The molecule has 1 aliphatic heterocycles. The van der Waals surface area contributed by atoms with E-state index < -0.39 is 0 Å². The molecule has 1 unspecified atom stereocenters. The highest BCUT2D eigenvalue weighted by atomic mass is 35.5. The molecule has 4 rings (SSSR count). The number of aromatic nitrogens is 2. The Balaban J connectivity index is 0.00000196. The second-order valence-electron chi connectivity index (χ2n) is 7.03. The maximum atomic E-state index is 5.80. The number of fused-ring (bicyclic) bond motifs is 1. The van der Waals surface area contributed by atoms with Crippen LogP contribution in [0.25, 0.3) is 22.2 Å². The molecule has 0 radical (unpaired) electrons. The minimum absolute atomic E-state index is 0. The Bertz CT molecular complexity index is 872. The van der Waals surface area contributed by atoms with Crippen LogP contribution in [0.3, 0.4) is 0 Å². The third-order valence-corrected chi connectivity index (χ3v) is 4.45. The van der Waals surface area contributed by atoms with Crippen molar-refractivity contribution < 1.29 is 9.26 Å². The molecule has 0 saturated carbocycles. The van der Waals surface area contributed by atoms with Crippen molar-refractivity contribution in [3.05, 3.63) is 42.3 Å². The molecule has 1 atom stereocenters. The molecule has 0 amide bonds. The number of hydrogen-bond acceptors (Lipinski definition) is 5. The second kappa shape index (κ2) is 8.06. The zero-order chi connectivity index (χ0) is 17.2. The monoisotopic (exact) mass is 373 g/mol. The van der Waals surface area contributed by atoms with Gasteiger partial charge in [0, 0.05) is 5.56 Å². The van der Waals surface area contributed by atoms with Crippen molar-refractivity contribution in [2.75, 3.05) is 13.2 Å². The van der Waals surface area contributed by atoms with Gasteiger partial charge in [0.2, 0.25) is 11.7 Å². The van der Waals surface area contributed by atoms with Crippen LogP contribution < -0.4 is 10.1 Å². The molecular formula is C20H24ClN3O2. The maximum absolute atomic E-state index is 5.80. The lowest BCUT2D eigenvalue weighted by atomic mass is 10.1. The van der Waals surface area contributed by atoms with Gasteiger partial charge < -0.3 is 14.6 Å². The number of ether oxygens (including phenoxy) is 1. The Morgan fingerprint density at radius 1 is 1.19 bits per heavy atom. The molecular weight excluding hydrogens is 350 g/mol. The van der Waals surface area contributed by atoms with E-state index in [9.17, 15) is 0 Å². The Morgan fingerprint density at radius 3 is 2.77 bits per heavy atom. The molecule has 2 heterocycles. The molecule has 1 N–H and O–H groups in total. The largest absolute Gasteiger partial charge is 0.493 e. The SMILES string of the molecule is CC(C)COc1ccc2cc(-c3noc(C4CCCN4)n3)ccc2c1.Cl. The first-order valence-corrected chi connectivity index (χ1v) is 8.93. The standard InChI is InChI=1S/C20H23N3O2.ClH/c1-13(2)12-24-17-8-7-14-10-16(6-5-15(14)11-17)19-22-20(25-23-19)18-4-3-9-21-18;/h5-8,10-11,13,18,21H,3-4,9,12H2,1-2H3;1H. The van der Waals surface area contributed by atoms with Crippen LogP contribution in [-0.4, -0.2) is 23.3 Å². The summed E-state index contributed by atoms with van der Waals surface area (Å²) in [4.78, 5) is 4.57. The first-order valence-electron chi connectivity index (χ1n) is 8.93. The minimum Gasteiger partial charge on any atom is -0.493 e. The van der Waals surface area contributed by atoms with E-state index in [4.69, 9.17) is 9.26 Å². The quantitative estimate of drug-likeness (QED) is 0.698. The number of nitrogens with one attached hydrogen (secondary N) is 1. The summed E-state index contributed by atoms with van der Waals surface area (Å²) in [6.45, 7) is 6.03. The topological polar surface area (TPSA) is 60.2 Å². The summed E-state index contributed by atoms with van der Waals surface area (Å²) in [5.74, 6) is 2.75. The van der Waals surface area contributed by atoms with Crippen molar-refractivity contribution in [1.29, 1.82) is 0 Å². The number of nitrogens with zero attached hydrogens (tertiary/aromatic N) is 2. The second-order valence-corrected chi connectivity index (χ2v) is 7.03. The summed E-state index contributed by atoms with van der Waals surface area (Å²) in [6.07, 6.45) is 2.21. The van der Waals surface area contributed by atoms with Crippen LogP contribution in [-0.2, 0) is 0 Å². The third kappa shape index (κ3) is 4.00. The number of benzene rings is 2. The van der Waals surface area contributed by atoms with Crippen LogP contribution in [0.5, 0.6) is 5.75 Å². The maximum Gasteiger partial charge on any atom is 0.244 e. The van der Waals surface area contributed by atoms with Gasteiger partial charge in [-0.05, 0) is 54.3 Å². The smallest absolute Gasteiger partial charge is 0.244 e. The lowest BCUT2D eigenvalue weighted by Crippen LogP contribution is -2.12. The van der Waals surface area contributed by atoms with Crippen molar-refractivity contribution in [2.24, 2.45) is 5.92 Å². The van der Waals surface area contributed by atoms with Crippen molar-refractivity contribution in [2.45, 2.75) is 32.7 Å². The Hall–Kier alpha value is -2.11. The van der Waals surface area contributed by atoms with Crippen LogP contribution in [0.15, 0.2) is 40.9 Å². The van der Waals surface area contributed by atoms with Gasteiger partial charge in [-0.3, -0.25) is 0 Å². The predicted octanol–water partition coefficient (Wildman–Crippen LogP) is 4.77. The van der Waals surface area contributed by atoms with E-state index in [-0.39, 0.29) is 18.4 Å². The molecule has 1 fully saturated rings. The fourth-order valence-corrected chi connectivity index (χ4v) is 3.10. The van der Waals surface area contributed by atoms with E-state index in [1.807, 2.05) is 12.1 Å². The van der Waals surface area contributed by atoms with E-state index in [1.165, 1.54) is 0 Å². The lowest BCUT2D eigenvalue weighted by Gasteiger charge is -2.09. The summed E-state index contributed by atoms with van der Waals surface area (Å²) < 4.78 is 11.2. The Morgan fingerprint density at radius 2 is 2.00 bits per heavy atom. The molecule has 5 nitrogen and oxygen atoms in total. The Labute approximate surface area is 159 Å². The van der Waals surface area contributed by atoms with Gasteiger partial charge in [-0.2, -0.15) is 4.98 Å². The van der Waals surface area contributed by atoms with Crippen molar-refractivity contribution in [1.82, 2.24) is 15.5 Å². The zero-order valence-corrected chi connectivity index (χ0v) is 15.9. The van der Waals surface area contributed by atoms with Crippen molar-refractivity contribution >= 4 is 23.2 Å². The average molecular weight is 374 g/mol. The van der Waals surface area contributed by atoms with Gasteiger partial charge in [0.25, 0.3) is 0 Å². The van der Waals surface area contributed by atoms with Crippen LogP contribution in [0.2, 0.25) is 0 Å². The zero-order valence-electron chi connectivity index (χ0n) is 15.1. The van der Waals surface area contributed by atoms with Gasteiger partial charge in [-0.15, -0.1) is 12.4 Å². The summed E-state index contributed by atoms with van der Waals surface area (Å²) in [5, 5.41) is 9.82. The number of rotatable bonds is 5. The highest BCUT2D eigenvalue weighted by molar-refractivity contribution is 5.87. The highest BCUT2D eigenvalue weighted by Crippen LogP contribution is 2.28. The van der Waals surface area contributed by atoms with Crippen LogP contribution in [0, 0.1) is 5.92 Å². The van der Waals surface area contributed by atoms with E-state index in [0.717, 1.165) is 48.1 Å². The molecule has 1 saturated heterocycles. The molecule has 26 heavy (non-hydrogen) atoms. The van der Waals surface area contributed by atoms with Gasteiger partial charge >= 0.3 is 0 Å². The first-order chi connectivity index (χ1) is 12.2. The number of hydrogen-bond donors (Lipinski definition) is 1. The fourth-order valence-electron chi connectivity index (χ4n) is 3.10. The van der Waals surface area contributed by atoms with Gasteiger partial charge in [-0.25, -0.2) is 0 Å². The van der Waals surface area contributed by atoms with Gasteiger partial charge in [0.05, 0.1) is 12.6 Å². The van der Waals surface area contributed by atoms with E-state index in [2.05, 4.69) is 53.6 Å². The molecule has 0 aliphatic carbocycles. The summed E-state index contributed by atoms with van der Waals surface area (Å²) in [5.41, 5.74) is 0.969. The predicted molar refractivity (Wildman–Crippen MR) is 105 cm³/mol. The molecule has 1 aromatic heterocycles. The van der Waals surface area contributed by atoms with Gasteiger partial charge in [0.1, 0.15) is 5.75 Å². The lowest BCUT2D eigenvalue weighted by molar-refractivity contribution is 0.271. The van der Waals surface area contributed by atoms with Crippen LogP contribution in [0.1, 0.15) is 38.6 Å². The van der Waals surface area contributed by atoms with E-state index in [0.29, 0.717) is 17.6 Å². The summed E-state index contributed by atoms with van der Waals surface area (Å²) in [7, 11) is 0. The van der Waals surface area contributed by atoms with E-state index >= 15 is 0 Å². The van der Waals surface area contributed by atoms with Gasteiger partial charge in [0.15, 0.2) is 0 Å². The Kier molecular flexibility index (Phi) is 5.79. The average Bonchev–Trinajstić information content (AvgIpc) is 3.30. The van der Waals surface area contributed by atoms with Crippen molar-refractivity contribution in [3.8, 4) is 17.1 Å². The molecule has 3 aromatic rings. The first kappa shape index (κ1) is 18.7. The van der Waals surface area contributed by atoms with E-state index in [1.54, 1.807) is 0 Å². The molecule has 0 bridgehead atoms. The molecule has 6 heteroatoms. The van der Waals surface area contributed by atoms with Gasteiger partial charge in [-0.1, -0.05) is 37.2 Å². The van der Waals surface area contributed by atoms with Crippen molar-refractivity contribution in [3.63, 3.8) is 0 Å². The molecule has 2 aromatic carbocycles.